The quantitative estimate of drug-likeness (QED) is 0.664. The summed E-state index contributed by atoms with van der Waals surface area (Å²) in [7, 11) is 0. The van der Waals surface area contributed by atoms with Gasteiger partial charge in [-0.3, -0.25) is 4.79 Å². The molecule has 0 bridgehead atoms. The van der Waals surface area contributed by atoms with Gasteiger partial charge in [-0.1, -0.05) is 37.6 Å². The maximum Gasteiger partial charge on any atom is 0.253 e. The SMILES string of the molecule is CCCCN1CCC(c2ccc(C(=O)N(CC)CC)cc2)(c2cccc(O)c2)CC1. The normalized spacial score (nSPS) is 16.4. The monoisotopic (exact) mass is 408 g/mol. The number of hydrogen-bond donors (Lipinski definition) is 1. The van der Waals surface area contributed by atoms with E-state index in [4.69, 9.17) is 0 Å². The van der Waals surface area contributed by atoms with E-state index in [0.717, 1.165) is 51.1 Å². The van der Waals surface area contributed by atoms with Gasteiger partial charge in [0.2, 0.25) is 0 Å². The minimum Gasteiger partial charge on any atom is -0.508 e. The van der Waals surface area contributed by atoms with Gasteiger partial charge in [0.25, 0.3) is 5.91 Å². The Morgan fingerprint density at radius 2 is 1.67 bits per heavy atom. The molecule has 1 fully saturated rings. The fraction of sp³-hybridized carbons (Fsp3) is 0.500. The van der Waals surface area contributed by atoms with Crippen molar-refractivity contribution in [2.24, 2.45) is 0 Å². The summed E-state index contributed by atoms with van der Waals surface area (Å²) in [5, 5.41) is 10.1. The lowest BCUT2D eigenvalue weighted by atomic mass is 9.68. The van der Waals surface area contributed by atoms with Crippen molar-refractivity contribution in [3.8, 4) is 5.75 Å². The van der Waals surface area contributed by atoms with E-state index in [1.807, 2.05) is 43.0 Å². The zero-order chi connectivity index (χ0) is 21.6. The van der Waals surface area contributed by atoms with Gasteiger partial charge in [0.1, 0.15) is 5.75 Å². The Labute approximate surface area is 181 Å². The summed E-state index contributed by atoms with van der Waals surface area (Å²) in [6.45, 7) is 11.0. The number of phenolic OH excluding ortho intramolecular Hbond substituents is 1. The number of hydrogen-bond acceptors (Lipinski definition) is 3. The van der Waals surface area contributed by atoms with Crippen LogP contribution in [0.25, 0.3) is 0 Å². The molecule has 4 heteroatoms. The van der Waals surface area contributed by atoms with E-state index in [0.29, 0.717) is 5.75 Å². The predicted molar refractivity (Wildman–Crippen MR) is 123 cm³/mol. The first kappa shape index (κ1) is 22.4. The van der Waals surface area contributed by atoms with Crippen LogP contribution in [0.3, 0.4) is 0 Å². The molecule has 162 valence electrons. The first-order valence-electron chi connectivity index (χ1n) is 11.5. The van der Waals surface area contributed by atoms with Gasteiger partial charge in [0.15, 0.2) is 0 Å². The summed E-state index contributed by atoms with van der Waals surface area (Å²) < 4.78 is 0. The molecule has 3 rings (SSSR count). The topological polar surface area (TPSA) is 43.8 Å². The average Bonchev–Trinajstić information content (AvgIpc) is 2.79. The zero-order valence-corrected chi connectivity index (χ0v) is 18.7. The number of rotatable bonds is 8. The summed E-state index contributed by atoms with van der Waals surface area (Å²) in [6, 6.07) is 15.9. The summed E-state index contributed by atoms with van der Waals surface area (Å²) in [5.41, 5.74) is 3.02. The molecule has 0 aliphatic carbocycles. The van der Waals surface area contributed by atoms with E-state index < -0.39 is 0 Å². The molecule has 1 saturated heterocycles. The molecule has 2 aromatic carbocycles. The van der Waals surface area contributed by atoms with Gasteiger partial charge < -0.3 is 14.9 Å². The highest BCUT2D eigenvalue weighted by Crippen LogP contribution is 2.42. The Morgan fingerprint density at radius 1 is 1.00 bits per heavy atom. The third kappa shape index (κ3) is 4.70. The molecule has 1 heterocycles. The summed E-state index contributed by atoms with van der Waals surface area (Å²) in [5.74, 6) is 0.404. The van der Waals surface area contributed by atoms with Crippen LogP contribution in [0.4, 0.5) is 0 Å². The molecule has 30 heavy (non-hydrogen) atoms. The van der Waals surface area contributed by atoms with Crippen molar-refractivity contribution >= 4 is 5.91 Å². The van der Waals surface area contributed by atoms with Crippen molar-refractivity contribution in [3.63, 3.8) is 0 Å². The number of carbonyl (C=O) groups excluding carboxylic acids is 1. The second-order valence-electron chi connectivity index (χ2n) is 8.38. The van der Waals surface area contributed by atoms with E-state index in [1.165, 1.54) is 24.0 Å². The van der Waals surface area contributed by atoms with Crippen molar-refractivity contribution in [1.29, 1.82) is 0 Å². The minimum absolute atomic E-state index is 0.0901. The van der Waals surface area contributed by atoms with Gasteiger partial charge >= 0.3 is 0 Å². The van der Waals surface area contributed by atoms with Crippen molar-refractivity contribution in [1.82, 2.24) is 9.80 Å². The van der Waals surface area contributed by atoms with Crippen LogP contribution in [0.1, 0.15) is 67.9 Å². The molecule has 0 saturated carbocycles. The number of carbonyl (C=O) groups is 1. The summed E-state index contributed by atoms with van der Waals surface area (Å²) in [4.78, 5) is 17.1. The van der Waals surface area contributed by atoms with Crippen molar-refractivity contribution in [2.45, 2.75) is 51.9 Å². The third-order valence-corrected chi connectivity index (χ3v) is 6.67. The molecule has 0 spiro atoms. The van der Waals surface area contributed by atoms with Crippen molar-refractivity contribution in [3.05, 3.63) is 65.2 Å². The second kappa shape index (κ2) is 10.1. The highest BCUT2D eigenvalue weighted by Gasteiger charge is 2.38. The van der Waals surface area contributed by atoms with E-state index in [-0.39, 0.29) is 11.3 Å². The maximum absolute atomic E-state index is 12.7. The summed E-state index contributed by atoms with van der Waals surface area (Å²) >= 11 is 0. The highest BCUT2D eigenvalue weighted by molar-refractivity contribution is 5.94. The van der Waals surface area contributed by atoms with Crippen LogP contribution < -0.4 is 0 Å². The molecule has 2 aromatic rings. The van der Waals surface area contributed by atoms with Gasteiger partial charge in [-0.05, 0) is 88.1 Å². The Kier molecular flexibility index (Phi) is 7.54. The van der Waals surface area contributed by atoms with Crippen LogP contribution in [-0.4, -0.2) is 53.5 Å². The number of amides is 1. The molecule has 1 aliphatic heterocycles. The van der Waals surface area contributed by atoms with Crippen LogP contribution in [0.15, 0.2) is 48.5 Å². The van der Waals surface area contributed by atoms with E-state index >= 15 is 0 Å². The number of benzene rings is 2. The molecule has 0 unspecified atom stereocenters. The molecule has 1 amide bonds. The van der Waals surface area contributed by atoms with Gasteiger partial charge in [-0.15, -0.1) is 0 Å². The number of likely N-dealkylation sites (tertiary alicyclic amines) is 1. The van der Waals surface area contributed by atoms with Crippen LogP contribution in [0, 0.1) is 0 Å². The molecular weight excluding hydrogens is 372 g/mol. The Balaban J connectivity index is 1.91. The predicted octanol–water partition coefficient (Wildman–Crippen LogP) is 5.06. The van der Waals surface area contributed by atoms with Gasteiger partial charge in [-0.2, -0.15) is 0 Å². The van der Waals surface area contributed by atoms with Gasteiger partial charge in [0, 0.05) is 24.1 Å². The molecule has 1 N–H and O–H groups in total. The first-order chi connectivity index (χ1) is 14.5. The van der Waals surface area contributed by atoms with Crippen LogP contribution >= 0.6 is 0 Å². The minimum atomic E-state index is -0.127. The second-order valence-corrected chi connectivity index (χ2v) is 8.38. The fourth-order valence-electron chi connectivity index (χ4n) is 4.71. The lowest BCUT2D eigenvalue weighted by molar-refractivity contribution is 0.0773. The van der Waals surface area contributed by atoms with Crippen LogP contribution in [0.5, 0.6) is 5.75 Å². The molecule has 0 aromatic heterocycles. The third-order valence-electron chi connectivity index (χ3n) is 6.67. The number of nitrogens with zero attached hydrogens (tertiary/aromatic N) is 2. The van der Waals surface area contributed by atoms with E-state index in [9.17, 15) is 9.90 Å². The van der Waals surface area contributed by atoms with Crippen molar-refractivity contribution in [2.75, 3.05) is 32.7 Å². The first-order valence-corrected chi connectivity index (χ1v) is 11.5. The number of aromatic hydroxyl groups is 1. The standard InChI is InChI=1S/C26H36N2O2/c1-4-7-17-27-18-15-26(16-19-27,23-9-8-10-24(29)20-23)22-13-11-21(12-14-22)25(30)28(5-2)6-3/h8-14,20,29H,4-7,15-19H2,1-3H3. The number of unbranched alkanes of at least 4 members (excludes halogenated alkanes) is 1. The number of piperidine rings is 1. The Hall–Kier alpha value is -2.33. The molecule has 0 atom stereocenters. The van der Waals surface area contributed by atoms with Gasteiger partial charge in [0.05, 0.1) is 0 Å². The Bertz CT molecular complexity index is 819. The molecule has 1 aliphatic rings. The highest BCUT2D eigenvalue weighted by atomic mass is 16.3. The fourth-order valence-corrected chi connectivity index (χ4v) is 4.71. The average molecular weight is 409 g/mol. The molecule has 4 nitrogen and oxygen atoms in total. The van der Waals surface area contributed by atoms with Crippen molar-refractivity contribution < 1.29 is 9.90 Å². The lowest BCUT2D eigenvalue weighted by Gasteiger charge is -2.43. The number of phenols is 1. The summed E-state index contributed by atoms with van der Waals surface area (Å²) in [6.07, 6.45) is 4.49. The lowest BCUT2D eigenvalue weighted by Crippen LogP contribution is -2.43. The Morgan fingerprint density at radius 3 is 2.23 bits per heavy atom. The largest absolute Gasteiger partial charge is 0.508 e. The van der Waals surface area contributed by atoms with E-state index in [2.05, 4.69) is 30.0 Å². The maximum atomic E-state index is 12.7. The van der Waals surface area contributed by atoms with Crippen LogP contribution in [0.2, 0.25) is 0 Å². The van der Waals surface area contributed by atoms with Gasteiger partial charge in [-0.25, -0.2) is 0 Å². The molecule has 0 radical (unpaired) electrons. The zero-order valence-electron chi connectivity index (χ0n) is 18.7. The van der Waals surface area contributed by atoms with Crippen LogP contribution in [-0.2, 0) is 5.41 Å². The molecular formula is C26H36N2O2. The smallest absolute Gasteiger partial charge is 0.253 e. The van der Waals surface area contributed by atoms with E-state index in [1.54, 1.807) is 6.07 Å².